The van der Waals surface area contributed by atoms with Crippen LogP contribution in [-0.4, -0.2) is 52.7 Å². The van der Waals surface area contributed by atoms with E-state index in [4.69, 9.17) is 23.2 Å². The third-order valence-electron chi connectivity index (χ3n) is 4.89. The Hall–Kier alpha value is -2.68. The van der Waals surface area contributed by atoms with Gasteiger partial charge in [0.15, 0.2) is 0 Å². The van der Waals surface area contributed by atoms with Gasteiger partial charge in [0.1, 0.15) is 0 Å². The number of amides is 2. The summed E-state index contributed by atoms with van der Waals surface area (Å²) in [6.45, 7) is 1.58. The fraction of sp³-hybridized carbons (Fsp3) is 0.200. The van der Waals surface area contributed by atoms with Crippen molar-refractivity contribution in [3.63, 3.8) is 0 Å². The van der Waals surface area contributed by atoms with Crippen molar-refractivity contribution in [1.29, 1.82) is 0 Å². The van der Waals surface area contributed by atoms with Crippen molar-refractivity contribution in [2.45, 2.75) is 0 Å². The van der Waals surface area contributed by atoms with E-state index in [0.717, 1.165) is 4.70 Å². The molecule has 0 unspecified atom stereocenters. The van der Waals surface area contributed by atoms with Crippen LogP contribution in [0.4, 0.5) is 5.69 Å². The molecule has 0 bridgehead atoms. The molecule has 1 fully saturated rings. The first-order chi connectivity index (χ1) is 14.3. The van der Waals surface area contributed by atoms with E-state index >= 15 is 0 Å². The number of thiophene rings is 1. The first kappa shape index (κ1) is 20.6. The topological polar surface area (TPSA) is 83.8 Å². The van der Waals surface area contributed by atoms with Gasteiger partial charge < -0.3 is 9.80 Å². The van der Waals surface area contributed by atoms with Crippen molar-refractivity contribution >= 4 is 62.1 Å². The number of piperazine rings is 1. The van der Waals surface area contributed by atoms with E-state index in [2.05, 4.69) is 0 Å². The molecule has 0 spiro atoms. The van der Waals surface area contributed by atoms with Gasteiger partial charge in [-0.25, -0.2) is 0 Å². The number of benzene rings is 2. The maximum atomic E-state index is 12.9. The first-order valence-electron chi connectivity index (χ1n) is 9.04. The van der Waals surface area contributed by atoms with E-state index < -0.39 is 4.92 Å². The summed E-state index contributed by atoms with van der Waals surface area (Å²) < 4.78 is 0.815. The number of fused-ring (bicyclic) bond motifs is 1. The number of nitro benzene ring substituents is 1. The lowest BCUT2D eigenvalue weighted by molar-refractivity contribution is -0.384. The molecule has 30 heavy (non-hydrogen) atoms. The van der Waals surface area contributed by atoms with Crippen LogP contribution >= 0.6 is 34.5 Å². The summed E-state index contributed by atoms with van der Waals surface area (Å²) in [4.78, 5) is 40.0. The molecule has 0 saturated carbocycles. The van der Waals surface area contributed by atoms with E-state index in [1.165, 1.54) is 23.5 Å². The standard InChI is InChI=1S/C20H15Cl2N3O4S/c21-14-7-13(8-15(22)11-14)19(26)23-3-5-24(6-4-23)20(27)18-10-12-9-16(25(28)29)1-2-17(12)30-18/h1-2,7-11H,3-6H2. The van der Waals surface area contributed by atoms with Crippen LogP contribution in [0.3, 0.4) is 0 Å². The summed E-state index contributed by atoms with van der Waals surface area (Å²) in [6.07, 6.45) is 0. The van der Waals surface area contributed by atoms with Crippen molar-refractivity contribution in [3.05, 3.63) is 73.1 Å². The molecule has 0 N–H and O–H groups in total. The summed E-state index contributed by atoms with van der Waals surface area (Å²) in [5.41, 5.74) is 0.408. The van der Waals surface area contributed by atoms with Crippen molar-refractivity contribution in [2.75, 3.05) is 26.2 Å². The Bertz CT molecular complexity index is 1150. The van der Waals surface area contributed by atoms with Gasteiger partial charge >= 0.3 is 0 Å². The van der Waals surface area contributed by atoms with Gasteiger partial charge in [-0.2, -0.15) is 0 Å². The number of rotatable bonds is 3. The van der Waals surface area contributed by atoms with Crippen molar-refractivity contribution in [3.8, 4) is 0 Å². The molecule has 4 rings (SSSR count). The maximum absolute atomic E-state index is 12.9. The summed E-state index contributed by atoms with van der Waals surface area (Å²) >= 11 is 13.3. The highest BCUT2D eigenvalue weighted by molar-refractivity contribution is 7.20. The summed E-state index contributed by atoms with van der Waals surface area (Å²) in [6, 6.07) is 10.9. The maximum Gasteiger partial charge on any atom is 0.270 e. The number of carbonyl (C=O) groups is 2. The Morgan fingerprint density at radius 2 is 1.50 bits per heavy atom. The molecule has 10 heteroatoms. The number of nitrogens with zero attached hydrogens (tertiary/aromatic N) is 3. The van der Waals surface area contributed by atoms with Gasteiger partial charge in [0.05, 0.1) is 9.80 Å². The summed E-state index contributed by atoms with van der Waals surface area (Å²) in [5.74, 6) is -0.322. The number of hydrogen-bond acceptors (Lipinski definition) is 5. The van der Waals surface area contributed by atoms with Crippen LogP contribution in [0.25, 0.3) is 10.1 Å². The first-order valence-corrected chi connectivity index (χ1v) is 10.6. The molecule has 7 nitrogen and oxygen atoms in total. The molecule has 0 atom stereocenters. The van der Waals surface area contributed by atoms with Crippen molar-refractivity contribution < 1.29 is 14.5 Å². The number of hydrogen-bond donors (Lipinski definition) is 0. The lowest BCUT2D eigenvalue weighted by Gasteiger charge is -2.34. The zero-order valence-corrected chi connectivity index (χ0v) is 17.8. The molecule has 1 aliphatic heterocycles. The van der Waals surface area contributed by atoms with Gasteiger partial charge in [0.25, 0.3) is 17.5 Å². The molecular weight excluding hydrogens is 449 g/mol. The number of halogens is 2. The molecule has 2 amide bonds. The van der Waals surface area contributed by atoms with Crippen LogP contribution in [0.2, 0.25) is 10.0 Å². The van der Waals surface area contributed by atoms with E-state index in [1.807, 2.05) is 0 Å². The largest absolute Gasteiger partial charge is 0.335 e. The van der Waals surface area contributed by atoms with Gasteiger partial charge in [-0.1, -0.05) is 23.2 Å². The lowest BCUT2D eigenvalue weighted by Crippen LogP contribution is -2.50. The van der Waals surface area contributed by atoms with Gasteiger partial charge in [-0.05, 0) is 30.3 Å². The zero-order valence-electron chi connectivity index (χ0n) is 15.5. The number of carbonyl (C=O) groups excluding carboxylic acids is 2. The van der Waals surface area contributed by atoms with Gasteiger partial charge in [0.2, 0.25) is 0 Å². The molecule has 1 aromatic heterocycles. The fourth-order valence-electron chi connectivity index (χ4n) is 3.38. The van der Waals surface area contributed by atoms with E-state index in [0.29, 0.717) is 52.1 Å². The SMILES string of the molecule is O=C(c1cc(Cl)cc(Cl)c1)N1CCN(C(=O)c2cc3cc([N+](=O)[O-])ccc3s2)CC1. The third-order valence-corrected chi connectivity index (χ3v) is 6.43. The Balaban J connectivity index is 1.44. The van der Waals surface area contributed by atoms with Crippen molar-refractivity contribution in [2.24, 2.45) is 0 Å². The Kier molecular flexibility index (Phi) is 5.64. The number of nitro groups is 1. The van der Waals surface area contributed by atoms with Crippen LogP contribution in [0.15, 0.2) is 42.5 Å². The second-order valence-corrected chi connectivity index (χ2v) is 8.79. The Morgan fingerprint density at radius 3 is 2.10 bits per heavy atom. The monoisotopic (exact) mass is 463 g/mol. The zero-order chi connectivity index (χ0) is 21.4. The molecular formula is C20H15Cl2N3O4S. The minimum absolute atomic E-state index is 0.00690. The molecule has 2 aromatic carbocycles. The van der Waals surface area contributed by atoms with Crippen molar-refractivity contribution in [1.82, 2.24) is 9.80 Å². The normalized spacial score (nSPS) is 14.2. The highest BCUT2D eigenvalue weighted by Gasteiger charge is 2.27. The molecule has 1 aliphatic rings. The third kappa shape index (κ3) is 4.12. The second-order valence-electron chi connectivity index (χ2n) is 6.83. The van der Waals surface area contributed by atoms with E-state index in [-0.39, 0.29) is 17.5 Å². The van der Waals surface area contributed by atoms with Gasteiger partial charge in [-0.3, -0.25) is 19.7 Å². The van der Waals surface area contributed by atoms with Crippen LogP contribution in [0.1, 0.15) is 20.0 Å². The molecule has 3 aromatic rings. The quantitative estimate of drug-likeness (QED) is 0.415. The molecule has 2 heterocycles. The number of non-ortho nitro benzene ring substituents is 1. The molecule has 154 valence electrons. The minimum atomic E-state index is -0.456. The minimum Gasteiger partial charge on any atom is -0.335 e. The molecule has 1 saturated heterocycles. The average Bonchev–Trinajstić information content (AvgIpc) is 3.15. The van der Waals surface area contributed by atoms with Crippen LogP contribution in [-0.2, 0) is 0 Å². The predicted octanol–water partition coefficient (Wildman–Crippen LogP) is 4.71. The average molecular weight is 464 g/mol. The fourth-order valence-corrected chi connectivity index (χ4v) is 4.92. The van der Waals surface area contributed by atoms with Crippen LogP contribution in [0.5, 0.6) is 0 Å². The Morgan fingerprint density at radius 1 is 0.900 bits per heavy atom. The highest BCUT2D eigenvalue weighted by Crippen LogP contribution is 2.30. The Labute approximate surface area is 185 Å². The predicted molar refractivity (Wildman–Crippen MR) is 117 cm³/mol. The summed E-state index contributed by atoms with van der Waals surface area (Å²) in [5, 5.41) is 12.4. The highest BCUT2D eigenvalue weighted by atomic mass is 35.5. The van der Waals surface area contributed by atoms with E-state index in [9.17, 15) is 19.7 Å². The van der Waals surface area contributed by atoms with E-state index in [1.54, 1.807) is 40.1 Å². The van der Waals surface area contributed by atoms with Gasteiger partial charge in [0, 0.05) is 64.0 Å². The second kappa shape index (κ2) is 8.22. The van der Waals surface area contributed by atoms with Crippen LogP contribution in [0, 0.1) is 10.1 Å². The van der Waals surface area contributed by atoms with Crippen LogP contribution < -0.4 is 0 Å². The van der Waals surface area contributed by atoms with Gasteiger partial charge in [-0.15, -0.1) is 11.3 Å². The lowest BCUT2D eigenvalue weighted by atomic mass is 10.1. The smallest absolute Gasteiger partial charge is 0.270 e. The molecule has 0 aliphatic carbocycles. The summed E-state index contributed by atoms with van der Waals surface area (Å²) in [7, 11) is 0. The molecule has 0 radical (unpaired) electrons.